The lowest BCUT2D eigenvalue weighted by atomic mass is 10.00. The molecule has 0 aliphatic carbocycles. The van der Waals surface area contributed by atoms with Gasteiger partial charge in [-0.3, -0.25) is 0 Å². The van der Waals surface area contributed by atoms with Crippen molar-refractivity contribution < 1.29 is 0 Å². The molecule has 0 amide bonds. The van der Waals surface area contributed by atoms with E-state index in [1.165, 1.54) is 19.5 Å². The molecule has 0 heterocycles. The number of likely N-dealkylation sites (N-methyl/N-ethyl adjacent to an activating group) is 1. The second kappa shape index (κ2) is 8.06. The van der Waals surface area contributed by atoms with Gasteiger partial charge >= 0.3 is 0 Å². The summed E-state index contributed by atoms with van der Waals surface area (Å²) in [5.74, 6) is 0.739. The molecule has 2 N–H and O–H groups in total. The van der Waals surface area contributed by atoms with Gasteiger partial charge in [0.15, 0.2) is 0 Å². The molecule has 0 radical (unpaired) electrons. The molecule has 0 bridgehead atoms. The molecule has 0 saturated carbocycles. The van der Waals surface area contributed by atoms with Crippen molar-refractivity contribution in [1.82, 2.24) is 9.80 Å². The Morgan fingerprint density at radius 2 is 1.65 bits per heavy atom. The fourth-order valence-electron chi connectivity index (χ4n) is 1.91. The lowest BCUT2D eigenvalue weighted by Crippen LogP contribution is -2.37. The minimum Gasteiger partial charge on any atom is -0.326 e. The summed E-state index contributed by atoms with van der Waals surface area (Å²) in [7, 11) is 4.27. The maximum Gasteiger partial charge on any atom is 0.0109 e. The molecule has 0 aliphatic heterocycles. The molecule has 0 aromatic carbocycles. The fourth-order valence-corrected chi connectivity index (χ4v) is 1.91. The van der Waals surface area contributed by atoms with Crippen molar-refractivity contribution >= 4 is 0 Å². The van der Waals surface area contributed by atoms with Gasteiger partial charge in [-0.15, -0.1) is 0 Å². The van der Waals surface area contributed by atoms with Crippen LogP contribution in [0.1, 0.15) is 40.5 Å². The molecule has 0 aliphatic rings. The van der Waals surface area contributed by atoms with Crippen LogP contribution in [0.15, 0.2) is 0 Å². The maximum atomic E-state index is 6.02. The van der Waals surface area contributed by atoms with Gasteiger partial charge in [0.2, 0.25) is 0 Å². The van der Waals surface area contributed by atoms with Gasteiger partial charge in [-0.1, -0.05) is 13.8 Å². The summed E-state index contributed by atoms with van der Waals surface area (Å²) < 4.78 is 0. The first-order valence-corrected chi connectivity index (χ1v) is 6.86. The molecule has 3 nitrogen and oxygen atoms in total. The van der Waals surface area contributed by atoms with Crippen LogP contribution < -0.4 is 5.73 Å². The molecule has 3 heteroatoms. The first-order chi connectivity index (χ1) is 7.70. The molecule has 17 heavy (non-hydrogen) atoms. The molecule has 0 atom stereocenters. The van der Waals surface area contributed by atoms with Crippen LogP contribution in [0.3, 0.4) is 0 Å². The Morgan fingerprint density at radius 1 is 1.06 bits per heavy atom. The zero-order chi connectivity index (χ0) is 13.5. The second-order valence-corrected chi connectivity index (χ2v) is 6.59. The molecule has 0 saturated heterocycles. The molecule has 0 aromatic rings. The Bertz CT molecular complexity index is 182. The molecule has 0 spiro atoms. The minimum absolute atomic E-state index is 0.0228. The normalized spacial score (nSPS) is 13.1. The van der Waals surface area contributed by atoms with Crippen LogP contribution in [-0.4, -0.2) is 55.6 Å². The number of rotatable bonds is 9. The minimum atomic E-state index is -0.0228. The highest BCUT2D eigenvalue weighted by molar-refractivity contribution is 4.72. The van der Waals surface area contributed by atoms with Crippen LogP contribution in [0.25, 0.3) is 0 Å². The highest BCUT2D eigenvalue weighted by Gasteiger charge is 2.12. The number of hydrogen-bond acceptors (Lipinski definition) is 3. The van der Waals surface area contributed by atoms with E-state index in [9.17, 15) is 0 Å². The van der Waals surface area contributed by atoms with E-state index >= 15 is 0 Å². The number of hydrogen-bond donors (Lipinski definition) is 1. The Labute approximate surface area is 108 Å². The highest BCUT2D eigenvalue weighted by Crippen LogP contribution is 2.09. The summed E-state index contributed by atoms with van der Waals surface area (Å²) >= 11 is 0. The zero-order valence-electron chi connectivity index (χ0n) is 12.8. The summed E-state index contributed by atoms with van der Waals surface area (Å²) in [5, 5.41) is 0. The fraction of sp³-hybridized carbons (Fsp3) is 1.00. The van der Waals surface area contributed by atoms with Crippen molar-refractivity contribution in [3.8, 4) is 0 Å². The Morgan fingerprint density at radius 3 is 2.06 bits per heavy atom. The van der Waals surface area contributed by atoms with Crippen molar-refractivity contribution in [2.45, 2.75) is 46.1 Å². The Kier molecular flexibility index (Phi) is 8.01. The van der Waals surface area contributed by atoms with E-state index in [0.717, 1.165) is 25.4 Å². The smallest absolute Gasteiger partial charge is 0.0109 e. The van der Waals surface area contributed by atoms with E-state index in [-0.39, 0.29) is 5.54 Å². The maximum absolute atomic E-state index is 6.02. The lowest BCUT2D eigenvalue weighted by molar-refractivity contribution is 0.211. The van der Waals surface area contributed by atoms with Crippen LogP contribution >= 0.6 is 0 Å². The van der Waals surface area contributed by atoms with Gasteiger partial charge in [-0.2, -0.15) is 0 Å². The largest absolute Gasteiger partial charge is 0.326 e. The van der Waals surface area contributed by atoms with E-state index in [4.69, 9.17) is 5.73 Å². The molecule has 0 fully saturated rings. The van der Waals surface area contributed by atoms with Gasteiger partial charge in [0.05, 0.1) is 0 Å². The van der Waals surface area contributed by atoms with Crippen molar-refractivity contribution in [2.75, 3.05) is 40.3 Å². The van der Waals surface area contributed by atoms with Gasteiger partial charge in [0, 0.05) is 25.2 Å². The standard InChI is InChI=1S/C14H33N3/c1-13(2)12-17(11-10-16(5)6)9-7-8-14(3,4)15/h13H,7-12,15H2,1-6H3. The first kappa shape index (κ1) is 16.9. The van der Waals surface area contributed by atoms with Gasteiger partial charge in [-0.05, 0) is 53.2 Å². The Hall–Kier alpha value is -0.120. The van der Waals surface area contributed by atoms with Gasteiger partial charge in [-0.25, -0.2) is 0 Å². The van der Waals surface area contributed by atoms with E-state index in [2.05, 4.69) is 51.6 Å². The van der Waals surface area contributed by atoms with Crippen LogP contribution in [0.5, 0.6) is 0 Å². The van der Waals surface area contributed by atoms with Crippen LogP contribution in [-0.2, 0) is 0 Å². The second-order valence-electron chi connectivity index (χ2n) is 6.59. The van der Waals surface area contributed by atoms with E-state index in [1.807, 2.05) is 0 Å². The van der Waals surface area contributed by atoms with Gasteiger partial charge in [0.25, 0.3) is 0 Å². The zero-order valence-corrected chi connectivity index (χ0v) is 12.8. The SMILES string of the molecule is CC(C)CN(CCCC(C)(C)N)CCN(C)C. The molecular weight excluding hydrogens is 210 g/mol. The third-order valence-corrected chi connectivity index (χ3v) is 2.78. The summed E-state index contributed by atoms with van der Waals surface area (Å²) in [6.07, 6.45) is 2.30. The predicted octanol–water partition coefficient (Wildman–Crippen LogP) is 2.02. The lowest BCUT2D eigenvalue weighted by Gasteiger charge is -2.27. The molecule has 0 rings (SSSR count). The average Bonchev–Trinajstić information content (AvgIpc) is 2.10. The van der Waals surface area contributed by atoms with E-state index < -0.39 is 0 Å². The van der Waals surface area contributed by atoms with Gasteiger partial charge < -0.3 is 15.5 Å². The monoisotopic (exact) mass is 243 g/mol. The third kappa shape index (κ3) is 12.1. The summed E-state index contributed by atoms with van der Waals surface area (Å²) in [4.78, 5) is 4.82. The van der Waals surface area contributed by atoms with Crippen LogP contribution in [0.4, 0.5) is 0 Å². The van der Waals surface area contributed by atoms with Crippen LogP contribution in [0.2, 0.25) is 0 Å². The highest BCUT2D eigenvalue weighted by atomic mass is 15.2. The van der Waals surface area contributed by atoms with Crippen molar-refractivity contribution in [2.24, 2.45) is 11.7 Å². The summed E-state index contributed by atoms with van der Waals surface area (Å²) in [6.45, 7) is 13.5. The summed E-state index contributed by atoms with van der Waals surface area (Å²) in [5.41, 5.74) is 6.00. The topological polar surface area (TPSA) is 32.5 Å². The molecular formula is C14H33N3. The van der Waals surface area contributed by atoms with Crippen molar-refractivity contribution in [3.05, 3.63) is 0 Å². The molecule has 104 valence electrons. The van der Waals surface area contributed by atoms with E-state index in [0.29, 0.717) is 0 Å². The number of nitrogens with two attached hydrogens (primary N) is 1. The Balaban J connectivity index is 3.93. The summed E-state index contributed by atoms with van der Waals surface area (Å²) in [6, 6.07) is 0. The third-order valence-electron chi connectivity index (χ3n) is 2.78. The van der Waals surface area contributed by atoms with Gasteiger partial charge in [0.1, 0.15) is 0 Å². The van der Waals surface area contributed by atoms with Crippen molar-refractivity contribution in [3.63, 3.8) is 0 Å². The average molecular weight is 243 g/mol. The van der Waals surface area contributed by atoms with E-state index in [1.54, 1.807) is 0 Å². The molecule has 0 aromatic heterocycles. The first-order valence-electron chi connectivity index (χ1n) is 6.86. The van der Waals surface area contributed by atoms with Crippen LogP contribution in [0, 0.1) is 5.92 Å². The quantitative estimate of drug-likeness (QED) is 0.672. The molecule has 0 unspecified atom stereocenters. The van der Waals surface area contributed by atoms with Crippen molar-refractivity contribution in [1.29, 1.82) is 0 Å². The number of nitrogens with zero attached hydrogens (tertiary/aromatic N) is 2. The predicted molar refractivity (Wildman–Crippen MR) is 77.3 cm³/mol.